The van der Waals surface area contributed by atoms with Gasteiger partial charge in [-0.05, 0) is 0 Å². The monoisotopic (exact) mass is 201 g/mol. The van der Waals surface area contributed by atoms with Crippen LogP contribution in [-0.2, 0) is 6.42 Å². The van der Waals surface area contributed by atoms with Crippen molar-refractivity contribution in [1.29, 1.82) is 0 Å². The van der Waals surface area contributed by atoms with Crippen LogP contribution < -0.4 is 4.90 Å². The lowest BCUT2D eigenvalue weighted by atomic mass is 10.0. The van der Waals surface area contributed by atoms with Crippen molar-refractivity contribution in [2.45, 2.75) is 13.3 Å². The molecule has 0 N–H and O–H groups in total. The third kappa shape index (κ3) is 1.65. The SMILES string of the molecule is CCc1nsc(N2CC(CF)C2)n1. The van der Waals surface area contributed by atoms with E-state index in [9.17, 15) is 4.39 Å². The molecule has 0 amide bonds. The van der Waals surface area contributed by atoms with Crippen LogP contribution in [-0.4, -0.2) is 29.1 Å². The Balaban J connectivity index is 1.95. The van der Waals surface area contributed by atoms with E-state index in [0.29, 0.717) is 0 Å². The third-order valence-corrected chi connectivity index (χ3v) is 3.03. The Bertz CT molecular complexity index is 283. The quantitative estimate of drug-likeness (QED) is 0.742. The average molecular weight is 201 g/mol. The van der Waals surface area contributed by atoms with Gasteiger partial charge in [0.1, 0.15) is 5.82 Å². The lowest BCUT2D eigenvalue weighted by Gasteiger charge is -2.37. The van der Waals surface area contributed by atoms with Crippen molar-refractivity contribution in [3.8, 4) is 0 Å². The standard InChI is InChI=1S/C8H12FN3S/c1-2-7-10-8(13-11-7)12-4-6(3-9)5-12/h6H,2-5H2,1H3. The Kier molecular flexibility index (Phi) is 2.44. The fraction of sp³-hybridized carbons (Fsp3) is 0.750. The van der Waals surface area contributed by atoms with Crippen LogP contribution >= 0.6 is 11.5 Å². The topological polar surface area (TPSA) is 29.0 Å². The minimum atomic E-state index is -0.212. The fourth-order valence-electron chi connectivity index (χ4n) is 1.34. The van der Waals surface area contributed by atoms with E-state index in [1.807, 2.05) is 6.92 Å². The first kappa shape index (κ1) is 8.87. The van der Waals surface area contributed by atoms with Crippen molar-refractivity contribution >= 4 is 16.7 Å². The van der Waals surface area contributed by atoms with E-state index in [-0.39, 0.29) is 12.6 Å². The summed E-state index contributed by atoms with van der Waals surface area (Å²) in [5, 5.41) is 0.946. The van der Waals surface area contributed by atoms with Gasteiger partial charge in [-0.15, -0.1) is 0 Å². The smallest absolute Gasteiger partial charge is 0.205 e. The van der Waals surface area contributed by atoms with E-state index in [4.69, 9.17) is 0 Å². The van der Waals surface area contributed by atoms with E-state index >= 15 is 0 Å². The van der Waals surface area contributed by atoms with E-state index in [1.165, 1.54) is 11.5 Å². The summed E-state index contributed by atoms with van der Waals surface area (Å²) in [5.41, 5.74) is 0. The Labute approximate surface area is 80.8 Å². The molecule has 13 heavy (non-hydrogen) atoms. The lowest BCUT2D eigenvalue weighted by Crippen LogP contribution is -2.47. The molecular formula is C8H12FN3S. The number of hydrogen-bond donors (Lipinski definition) is 0. The maximum atomic E-state index is 12.1. The molecule has 0 atom stereocenters. The first-order valence-electron chi connectivity index (χ1n) is 4.47. The highest BCUT2D eigenvalue weighted by atomic mass is 32.1. The zero-order valence-corrected chi connectivity index (χ0v) is 8.35. The fourth-order valence-corrected chi connectivity index (χ4v) is 2.11. The molecule has 1 aliphatic heterocycles. The number of aryl methyl sites for hydroxylation is 1. The average Bonchev–Trinajstić information content (AvgIpc) is 2.51. The minimum Gasteiger partial charge on any atom is -0.346 e. The maximum Gasteiger partial charge on any atom is 0.205 e. The van der Waals surface area contributed by atoms with Crippen LogP contribution in [0.2, 0.25) is 0 Å². The number of alkyl halides is 1. The molecule has 0 aliphatic carbocycles. The predicted octanol–water partition coefficient (Wildman–Crippen LogP) is 1.51. The second-order valence-corrected chi connectivity index (χ2v) is 4.00. The molecule has 5 heteroatoms. The molecule has 1 aliphatic rings. The molecule has 0 spiro atoms. The van der Waals surface area contributed by atoms with E-state index < -0.39 is 0 Å². The number of halogens is 1. The highest BCUT2D eigenvalue weighted by molar-refractivity contribution is 7.09. The van der Waals surface area contributed by atoms with E-state index in [1.54, 1.807) is 0 Å². The van der Waals surface area contributed by atoms with Crippen molar-refractivity contribution in [1.82, 2.24) is 9.36 Å². The molecular weight excluding hydrogens is 189 g/mol. The molecule has 2 heterocycles. The number of aromatic nitrogens is 2. The Hall–Kier alpha value is -0.710. The van der Waals surface area contributed by atoms with Gasteiger partial charge in [0, 0.05) is 37.0 Å². The van der Waals surface area contributed by atoms with Crippen LogP contribution in [0.1, 0.15) is 12.7 Å². The minimum absolute atomic E-state index is 0.212. The summed E-state index contributed by atoms with van der Waals surface area (Å²) < 4.78 is 16.3. The van der Waals surface area contributed by atoms with Crippen LogP contribution in [0.5, 0.6) is 0 Å². The van der Waals surface area contributed by atoms with Crippen molar-refractivity contribution in [3.63, 3.8) is 0 Å². The van der Waals surface area contributed by atoms with Gasteiger partial charge in [0.25, 0.3) is 0 Å². The number of nitrogens with zero attached hydrogens (tertiary/aromatic N) is 3. The van der Waals surface area contributed by atoms with Crippen molar-refractivity contribution in [3.05, 3.63) is 5.82 Å². The van der Waals surface area contributed by atoms with Crippen molar-refractivity contribution in [2.75, 3.05) is 24.7 Å². The molecule has 1 fully saturated rings. The molecule has 0 aromatic carbocycles. The highest BCUT2D eigenvalue weighted by Gasteiger charge is 2.28. The molecule has 0 bridgehead atoms. The van der Waals surface area contributed by atoms with Gasteiger partial charge >= 0.3 is 0 Å². The molecule has 72 valence electrons. The van der Waals surface area contributed by atoms with Crippen molar-refractivity contribution in [2.24, 2.45) is 5.92 Å². The van der Waals surface area contributed by atoms with Gasteiger partial charge in [-0.25, -0.2) is 4.98 Å². The summed E-state index contributed by atoms with van der Waals surface area (Å²) in [6, 6.07) is 0. The highest BCUT2D eigenvalue weighted by Crippen LogP contribution is 2.26. The largest absolute Gasteiger partial charge is 0.346 e. The maximum absolute atomic E-state index is 12.1. The summed E-state index contributed by atoms with van der Waals surface area (Å²) in [6.45, 7) is 3.42. The predicted molar refractivity (Wildman–Crippen MR) is 51.0 cm³/mol. The Morgan fingerprint density at radius 3 is 2.92 bits per heavy atom. The first-order chi connectivity index (χ1) is 6.33. The van der Waals surface area contributed by atoms with Gasteiger partial charge in [0.2, 0.25) is 5.13 Å². The number of rotatable bonds is 3. The first-order valence-corrected chi connectivity index (χ1v) is 5.24. The van der Waals surface area contributed by atoms with Gasteiger partial charge in [-0.3, -0.25) is 4.39 Å². The Morgan fingerprint density at radius 2 is 2.38 bits per heavy atom. The van der Waals surface area contributed by atoms with Gasteiger partial charge < -0.3 is 4.90 Å². The molecule has 1 aromatic heterocycles. The second kappa shape index (κ2) is 3.57. The zero-order valence-electron chi connectivity index (χ0n) is 7.53. The normalized spacial score (nSPS) is 17.5. The summed E-state index contributed by atoms with van der Waals surface area (Å²) in [6.07, 6.45) is 0.872. The van der Waals surface area contributed by atoms with Crippen LogP contribution in [0, 0.1) is 5.92 Å². The van der Waals surface area contributed by atoms with Gasteiger partial charge in [0.15, 0.2) is 0 Å². The van der Waals surface area contributed by atoms with Gasteiger partial charge in [0.05, 0.1) is 6.67 Å². The lowest BCUT2D eigenvalue weighted by molar-refractivity contribution is 0.306. The van der Waals surface area contributed by atoms with E-state index in [2.05, 4.69) is 14.3 Å². The molecule has 0 unspecified atom stereocenters. The third-order valence-electron chi connectivity index (χ3n) is 2.22. The van der Waals surface area contributed by atoms with Gasteiger partial charge in [-0.1, -0.05) is 6.92 Å². The second-order valence-electron chi connectivity index (χ2n) is 3.27. The number of hydrogen-bond acceptors (Lipinski definition) is 4. The Morgan fingerprint density at radius 1 is 1.62 bits per heavy atom. The summed E-state index contributed by atoms with van der Waals surface area (Å²) in [5.74, 6) is 1.11. The molecule has 0 radical (unpaired) electrons. The summed E-state index contributed by atoms with van der Waals surface area (Å²) >= 11 is 1.41. The molecule has 1 aromatic rings. The van der Waals surface area contributed by atoms with Crippen LogP contribution in [0.4, 0.5) is 9.52 Å². The van der Waals surface area contributed by atoms with Crippen molar-refractivity contribution < 1.29 is 4.39 Å². The van der Waals surface area contributed by atoms with Crippen LogP contribution in [0.25, 0.3) is 0 Å². The zero-order chi connectivity index (χ0) is 9.26. The molecule has 0 saturated carbocycles. The molecule has 1 saturated heterocycles. The van der Waals surface area contributed by atoms with E-state index in [0.717, 1.165) is 30.5 Å². The van der Waals surface area contributed by atoms with Gasteiger partial charge in [-0.2, -0.15) is 4.37 Å². The summed E-state index contributed by atoms with van der Waals surface area (Å²) in [7, 11) is 0. The van der Waals surface area contributed by atoms with Crippen LogP contribution in [0.3, 0.4) is 0 Å². The molecule has 3 nitrogen and oxygen atoms in total. The summed E-state index contributed by atoms with van der Waals surface area (Å²) in [4.78, 5) is 6.41. The molecule has 2 rings (SSSR count). The number of anilines is 1. The van der Waals surface area contributed by atoms with Crippen LogP contribution in [0.15, 0.2) is 0 Å².